The first-order valence-corrected chi connectivity index (χ1v) is 22.9. The van der Waals surface area contributed by atoms with Crippen molar-refractivity contribution in [3.63, 3.8) is 0 Å². The van der Waals surface area contributed by atoms with Gasteiger partial charge < -0.3 is 20.0 Å². The van der Waals surface area contributed by atoms with E-state index < -0.39 is 6.04 Å². The molecule has 6 aromatic rings. The number of carbonyl (C=O) groups excluding carboxylic acids is 4. The maximum Gasteiger partial charge on any atom is 0.250 e. The fourth-order valence-electron chi connectivity index (χ4n) is 8.91. The molecule has 5 heterocycles. The third-order valence-corrected chi connectivity index (χ3v) is 14.6. The van der Waals surface area contributed by atoms with E-state index >= 15 is 0 Å². The molecule has 0 bridgehead atoms. The number of benzene rings is 4. The highest BCUT2D eigenvalue weighted by molar-refractivity contribution is 7.15. The molecule has 1 N–H and O–H groups in total. The van der Waals surface area contributed by atoms with Gasteiger partial charge >= 0.3 is 0 Å². The fourth-order valence-corrected chi connectivity index (χ4v) is 11.1. The molecule has 12 heteroatoms. The lowest BCUT2D eigenvalue weighted by Crippen LogP contribution is -2.46. The Bertz CT molecular complexity index is 2460. The van der Waals surface area contributed by atoms with Crippen LogP contribution in [0.4, 0.5) is 0 Å². The summed E-state index contributed by atoms with van der Waals surface area (Å²) in [6, 6.07) is 35.6. The number of aromatic nitrogens is 2. The van der Waals surface area contributed by atoms with E-state index in [2.05, 4.69) is 53.8 Å². The Kier molecular flexibility index (Phi) is 12.1. The van der Waals surface area contributed by atoms with Crippen molar-refractivity contribution in [2.45, 2.75) is 63.1 Å². The summed E-state index contributed by atoms with van der Waals surface area (Å²) in [6.45, 7) is 2.45. The molecule has 3 aliphatic rings. The number of likely N-dealkylation sites (tertiary alicyclic amines) is 3. The molecule has 3 fully saturated rings. The molecule has 310 valence electrons. The Hall–Kier alpha value is -5.98. The van der Waals surface area contributed by atoms with Gasteiger partial charge in [0.25, 0.3) is 0 Å². The molecular weight excluding hydrogens is 801 g/mol. The topological polar surface area (TPSA) is 116 Å². The van der Waals surface area contributed by atoms with Gasteiger partial charge in [-0.3, -0.25) is 19.2 Å². The number of carbonyl (C=O) groups is 4. The molecule has 3 atom stereocenters. The van der Waals surface area contributed by atoms with Gasteiger partial charge in [-0.05, 0) is 71.9 Å². The number of nitrogens with one attached hydrogen (secondary N) is 1. The summed E-state index contributed by atoms with van der Waals surface area (Å²) in [7, 11) is 0. The molecule has 0 saturated carbocycles. The van der Waals surface area contributed by atoms with Crippen LogP contribution in [0.5, 0.6) is 0 Å². The third-order valence-electron chi connectivity index (χ3n) is 12.3. The first kappa shape index (κ1) is 40.4. The van der Waals surface area contributed by atoms with Gasteiger partial charge in [0.15, 0.2) is 0 Å². The van der Waals surface area contributed by atoms with Gasteiger partial charge in [-0.2, -0.15) is 0 Å². The van der Waals surface area contributed by atoms with Crippen LogP contribution in [0.1, 0.15) is 77.8 Å². The van der Waals surface area contributed by atoms with E-state index in [1.165, 1.54) is 0 Å². The number of rotatable bonds is 12. The van der Waals surface area contributed by atoms with Crippen molar-refractivity contribution in [3.05, 3.63) is 143 Å². The summed E-state index contributed by atoms with van der Waals surface area (Å²) >= 11 is 3.29. The van der Waals surface area contributed by atoms with E-state index in [0.29, 0.717) is 38.9 Å². The second-order valence-electron chi connectivity index (χ2n) is 16.1. The average molecular weight is 849 g/mol. The van der Waals surface area contributed by atoms with Crippen molar-refractivity contribution in [2.24, 2.45) is 5.92 Å². The minimum atomic E-state index is -0.802. The van der Waals surface area contributed by atoms with Crippen molar-refractivity contribution in [1.82, 2.24) is 30.0 Å². The van der Waals surface area contributed by atoms with Crippen LogP contribution in [-0.4, -0.2) is 75.0 Å². The van der Waals surface area contributed by atoms with Crippen molar-refractivity contribution < 1.29 is 19.2 Å². The first-order chi connectivity index (χ1) is 29.9. The second-order valence-corrected chi connectivity index (χ2v) is 18.3. The zero-order valence-electron chi connectivity index (χ0n) is 33.9. The second kappa shape index (κ2) is 18.3. The maximum absolute atomic E-state index is 14.4. The number of piperidine rings is 1. The molecule has 0 unspecified atom stereocenters. The largest absolute Gasteiger partial charge is 0.345 e. The highest BCUT2D eigenvalue weighted by atomic mass is 32.1. The lowest BCUT2D eigenvalue weighted by molar-refractivity contribution is -0.139. The normalized spacial score (nSPS) is 18.6. The molecule has 9 rings (SSSR count). The smallest absolute Gasteiger partial charge is 0.250 e. The minimum Gasteiger partial charge on any atom is -0.345 e. The van der Waals surface area contributed by atoms with E-state index in [1.54, 1.807) is 27.6 Å². The van der Waals surface area contributed by atoms with Crippen LogP contribution in [0, 0.1) is 5.92 Å². The third kappa shape index (κ3) is 8.92. The molecular formula is C49H48N6O4S2. The van der Waals surface area contributed by atoms with E-state index in [4.69, 9.17) is 9.97 Å². The van der Waals surface area contributed by atoms with Crippen molar-refractivity contribution in [2.75, 3.05) is 26.2 Å². The Morgan fingerprint density at radius 3 is 1.70 bits per heavy atom. The maximum atomic E-state index is 14.4. The minimum absolute atomic E-state index is 0.0265. The molecule has 10 nitrogen and oxygen atoms in total. The summed E-state index contributed by atoms with van der Waals surface area (Å²) in [5.74, 6) is -0.352. The SMILES string of the molecule is O=CN1CCC(C(=O)N[C@@H](C(=O)N2CCC[C@H]2c2ncc(-c3ccc(-c4ccc(-c5cnc([C@@H]6CCCN6C(=O)Cc6ccccc6)s5)cc4)cc3)s2)c2ccccc2)CC1. The molecule has 2 aromatic heterocycles. The van der Waals surface area contributed by atoms with Gasteiger partial charge in [0.1, 0.15) is 16.1 Å². The van der Waals surface area contributed by atoms with Crippen LogP contribution in [0.3, 0.4) is 0 Å². The van der Waals surface area contributed by atoms with Crippen molar-refractivity contribution >= 4 is 46.8 Å². The molecule has 3 saturated heterocycles. The summed E-state index contributed by atoms with van der Waals surface area (Å²) in [5.41, 5.74) is 6.19. The number of thiazole rings is 2. The average Bonchev–Trinajstić information content (AvgIpc) is 4.16. The van der Waals surface area contributed by atoms with Gasteiger partial charge in [-0.15, -0.1) is 22.7 Å². The van der Waals surface area contributed by atoms with Crippen LogP contribution in [0.2, 0.25) is 0 Å². The lowest BCUT2D eigenvalue weighted by Gasteiger charge is -2.32. The zero-order chi connectivity index (χ0) is 41.7. The number of nitrogens with zero attached hydrogens (tertiary/aromatic N) is 5. The molecule has 61 heavy (non-hydrogen) atoms. The van der Waals surface area contributed by atoms with Crippen LogP contribution >= 0.6 is 22.7 Å². The molecule has 4 amide bonds. The van der Waals surface area contributed by atoms with Crippen LogP contribution in [0.15, 0.2) is 122 Å². The van der Waals surface area contributed by atoms with Crippen molar-refractivity contribution in [1.29, 1.82) is 0 Å². The Morgan fingerprint density at radius 2 is 1.15 bits per heavy atom. The van der Waals surface area contributed by atoms with Gasteiger partial charge in [-0.25, -0.2) is 9.97 Å². The highest BCUT2D eigenvalue weighted by Crippen LogP contribution is 2.40. The molecule has 3 aliphatic heterocycles. The molecule has 0 spiro atoms. The quantitative estimate of drug-likeness (QED) is 0.123. The van der Waals surface area contributed by atoms with Crippen LogP contribution < -0.4 is 5.32 Å². The molecule has 4 aromatic carbocycles. The highest BCUT2D eigenvalue weighted by Gasteiger charge is 2.38. The zero-order valence-corrected chi connectivity index (χ0v) is 35.5. The Balaban J connectivity index is 0.844. The number of hydrogen-bond acceptors (Lipinski definition) is 8. The van der Waals surface area contributed by atoms with Crippen LogP contribution in [-0.2, 0) is 25.6 Å². The van der Waals surface area contributed by atoms with Crippen LogP contribution in [0.25, 0.3) is 32.0 Å². The Morgan fingerprint density at radius 1 is 0.639 bits per heavy atom. The van der Waals surface area contributed by atoms with Gasteiger partial charge in [0.2, 0.25) is 24.1 Å². The van der Waals surface area contributed by atoms with Gasteiger partial charge in [-0.1, -0.05) is 109 Å². The summed E-state index contributed by atoms with van der Waals surface area (Å²) in [4.78, 5) is 69.7. The van der Waals surface area contributed by atoms with Gasteiger partial charge in [0, 0.05) is 44.5 Å². The summed E-state index contributed by atoms with van der Waals surface area (Å²) < 4.78 is 0. The van der Waals surface area contributed by atoms with Gasteiger partial charge in [0.05, 0.1) is 28.3 Å². The predicted octanol–water partition coefficient (Wildman–Crippen LogP) is 8.90. The number of amides is 4. The monoisotopic (exact) mass is 848 g/mol. The standard InChI is InChI=1S/C49H48N6O4S2/c56-32-53-27-23-39(24-28-53)46(58)52-45(38-11-5-2-6-12-38)49(59)55-26-8-14-41(55)48-51-31-43(61-48)37-21-17-35(18-22-37)34-15-19-36(20-16-34)42-30-50-47(60-42)40-13-7-25-54(40)44(57)29-33-9-3-1-4-10-33/h1-6,9-12,15-22,30-32,39-41,45H,7-8,13-14,23-29H2,(H,52,58)/t40-,41-,45+/m0/s1. The lowest BCUT2D eigenvalue weighted by atomic mass is 9.95. The molecule has 0 radical (unpaired) electrons. The fraction of sp³-hybridized carbons (Fsp3) is 0.306. The number of hydrogen-bond donors (Lipinski definition) is 1. The van der Waals surface area contributed by atoms with E-state index in [1.807, 2.05) is 82.9 Å². The first-order valence-electron chi connectivity index (χ1n) is 21.2. The summed E-state index contributed by atoms with van der Waals surface area (Å²) in [5, 5.41) is 4.99. The van der Waals surface area contributed by atoms with E-state index in [0.717, 1.165) is 91.8 Å². The predicted molar refractivity (Wildman–Crippen MR) is 239 cm³/mol. The molecule has 0 aliphatic carbocycles. The summed E-state index contributed by atoms with van der Waals surface area (Å²) in [6.07, 6.45) is 9.84. The van der Waals surface area contributed by atoms with E-state index in [9.17, 15) is 19.2 Å². The van der Waals surface area contributed by atoms with E-state index in [-0.39, 0.29) is 35.7 Å². The Labute approximate surface area is 364 Å². The van der Waals surface area contributed by atoms with Crippen molar-refractivity contribution in [3.8, 4) is 32.0 Å².